The van der Waals surface area contributed by atoms with Crippen LogP contribution in [0.5, 0.6) is 0 Å². The zero-order valence-corrected chi connectivity index (χ0v) is 11.2. The third kappa shape index (κ3) is 3.86. The predicted molar refractivity (Wildman–Crippen MR) is 78.9 cm³/mol. The minimum absolute atomic E-state index is 0.722. The lowest BCUT2D eigenvalue weighted by molar-refractivity contribution is 0.678. The second-order valence-electron chi connectivity index (χ2n) is 4.28. The number of benzene rings is 2. The van der Waals surface area contributed by atoms with Gasteiger partial charge >= 0.3 is 0 Å². The molecule has 2 aromatic carbocycles. The van der Waals surface area contributed by atoms with Crippen LogP contribution in [0.2, 0.25) is 0 Å². The lowest BCUT2D eigenvalue weighted by atomic mass is 10.0. The number of nitrogens with one attached hydrogen (secondary N) is 1. The Morgan fingerprint density at radius 2 is 1.50 bits per heavy atom. The number of rotatable bonds is 6. The molecule has 0 saturated heterocycles. The highest BCUT2D eigenvalue weighted by molar-refractivity contribution is 6.17. The first-order valence-corrected chi connectivity index (χ1v) is 6.84. The molecule has 0 amide bonds. The molecule has 0 heterocycles. The fraction of sp³-hybridized carbons (Fsp3) is 0.250. The first-order valence-electron chi connectivity index (χ1n) is 6.31. The summed E-state index contributed by atoms with van der Waals surface area (Å²) in [5.41, 5.74) is 3.84. The van der Waals surface area contributed by atoms with E-state index in [0.29, 0.717) is 0 Å². The molecule has 0 spiro atoms. The van der Waals surface area contributed by atoms with Crippen LogP contribution in [0.4, 0.5) is 0 Å². The van der Waals surface area contributed by atoms with Crippen LogP contribution in [0.15, 0.2) is 54.6 Å². The Hall–Kier alpha value is -1.31. The minimum atomic E-state index is 0.722. The summed E-state index contributed by atoms with van der Waals surface area (Å²) in [6.07, 6.45) is 1.02. The van der Waals surface area contributed by atoms with Gasteiger partial charge in [0.1, 0.15) is 0 Å². The van der Waals surface area contributed by atoms with Crippen molar-refractivity contribution in [3.8, 4) is 11.1 Å². The van der Waals surface area contributed by atoms with Crippen LogP contribution in [-0.2, 0) is 6.54 Å². The van der Waals surface area contributed by atoms with Crippen LogP contribution in [0.25, 0.3) is 11.1 Å². The number of hydrogen-bond acceptors (Lipinski definition) is 1. The molecule has 18 heavy (non-hydrogen) atoms. The maximum Gasteiger partial charge on any atom is 0.0235 e. The first kappa shape index (κ1) is 13.1. The van der Waals surface area contributed by atoms with Crippen molar-refractivity contribution >= 4 is 11.6 Å². The third-order valence-corrected chi connectivity index (χ3v) is 3.14. The summed E-state index contributed by atoms with van der Waals surface area (Å²) in [4.78, 5) is 0. The Labute approximate surface area is 114 Å². The molecule has 0 fully saturated rings. The zero-order valence-electron chi connectivity index (χ0n) is 10.4. The molecule has 94 valence electrons. The monoisotopic (exact) mass is 259 g/mol. The van der Waals surface area contributed by atoms with Gasteiger partial charge in [0.05, 0.1) is 0 Å². The largest absolute Gasteiger partial charge is 0.313 e. The van der Waals surface area contributed by atoms with Crippen molar-refractivity contribution in [2.45, 2.75) is 13.0 Å². The molecule has 0 aliphatic carbocycles. The van der Waals surface area contributed by atoms with Gasteiger partial charge in [0, 0.05) is 12.4 Å². The minimum Gasteiger partial charge on any atom is -0.313 e. The van der Waals surface area contributed by atoms with Crippen LogP contribution >= 0.6 is 11.6 Å². The standard InChI is InChI=1S/C16H18ClN/c17-11-4-12-18-13-14-7-9-16(10-8-14)15-5-2-1-3-6-15/h1-3,5-10,18H,4,11-13H2. The van der Waals surface area contributed by atoms with Gasteiger partial charge in [-0.3, -0.25) is 0 Å². The van der Waals surface area contributed by atoms with E-state index in [1.54, 1.807) is 0 Å². The van der Waals surface area contributed by atoms with E-state index >= 15 is 0 Å². The average molecular weight is 260 g/mol. The summed E-state index contributed by atoms with van der Waals surface area (Å²) >= 11 is 5.63. The molecule has 0 radical (unpaired) electrons. The Bertz CT molecular complexity index is 450. The molecule has 2 rings (SSSR count). The van der Waals surface area contributed by atoms with Crippen molar-refractivity contribution in [3.63, 3.8) is 0 Å². The summed E-state index contributed by atoms with van der Waals surface area (Å²) in [7, 11) is 0. The molecule has 2 heteroatoms. The quantitative estimate of drug-likeness (QED) is 0.609. The average Bonchev–Trinajstić information content (AvgIpc) is 2.45. The highest BCUT2D eigenvalue weighted by atomic mass is 35.5. The number of hydrogen-bond donors (Lipinski definition) is 1. The zero-order chi connectivity index (χ0) is 12.6. The van der Waals surface area contributed by atoms with Crippen LogP contribution < -0.4 is 5.32 Å². The van der Waals surface area contributed by atoms with Gasteiger partial charge in [-0.2, -0.15) is 0 Å². The molecule has 1 N–H and O–H groups in total. The smallest absolute Gasteiger partial charge is 0.0235 e. The van der Waals surface area contributed by atoms with Crippen LogP contribution in [0.1, 0.15) is 12.0 Å². The van der Waals surface area contributed by atoms with Crippen molar-refractivity contribution in [1.29, 1.82) is 0 Å². The van der Waals surface area contributed by atoms with Crippen molar-refractivity contribution in [2.75, 3.05) is 12.4 Å². The predicted octanol–water partition coefficient (Wildman–Crippen LogP) is 4.07. The van der Waals surface area contributed by atoms with Gasteiger partial charge in [-0.15, -0.1) is 11.6 Å². The van der Waals surface area contributed by atoms with E-state index in [1.807, 2.05) is 6.07 Å². The topological polar surface area (TPSA) is 12.0 Å². The third-order valence-electron chi connectivity index (χ3n) is 2.88. The van der Waals surface area contributed by atoms with Crippen LogP contribution in [0, 0.1) is 0 Å². The van der Waals surface area contributed by atoms with Gasteiger partial charge in [0.25, 0.3) is 0 Å². The molecule has 0 aliphatic heterocycles. The maximum atomic E-state index is 5.63. The van der Waals surface area contributed by atoms with Crippen molar-refractivity contribution in [1.82, 2.24) is 5.32 Å². The van der Waals surface area contributed by atoms with E-state index in [4.69, 9.17) is 11.6 Å². The molecule has 0 aromatic heterocycles. The summed E-state index contributed by atoms with van der Waals surface area (Å²) in [5, 5.41) is 3.38. The summed E-state index contributed by atoms with van der Waals surface area (Å²) in [6.45, 7) is 1.88. The van der Waals surface area contributed by atoms with Gasteiger partial charge in [-0.25, -0.2) is 0 Å². The number of alkyl halides is 1. The SMILES string of the molecule is ClCCCNCc1ccc(-c2ccccc2)cc1. The van der Waals surface area contributed by atoms with E-state index in [9.17, 15) is 0 Å². The highest BCUT2D eigenvalue weighted by Crippen LogP contribution is 2.19. The molecule has 0 aliphatic rings. The Morgan fingerprint density at radius 3 is 2.17 bits per heavy atom. The summed E-state index contributed by atoms with van der Waals surface area (Å²) < 4.78 is 0. The molecule has 0 atom stereocenters. The second kappa shape index (κ2) is 7.20. The molecular formula is C16H18ClN. The Kier molecular flexibility index (Phi) is 5.25. The van der Waals surface area contributed by atoms with Crippen molar-refractivity contribution in [3.05, 3.63) is 60.2 Å². The highest BCUT2D eigenvalue weighted by Gasteiger charge is 1.97. The van der Waals surface area contributed by atoms with Gasteiger partial charge in [-0.05, 0) is 29.7 Å². The molecule has 1 nitrogen and oxygen atoms in total. The van der Waals surface area contributed by atoms with E-state index in [1.165, 1.54) is 16.7 Å². The first-order chi connectivity index (χ1) is 8.90. The van der Waals surface area contributed by atoms with Gasteiger partial charge in [-0.1, -0.05) is 54.6 Å². The van der Waals surface area contributed by atoms with Crippen molar-refractivity contribution in [2.24, 2.45) is 0 Å². The maximum absolute atomic E-state index is 5.63. The van der Waals surface area contributed by atoms with E-state index in [0.717, 1.165) is 25.4 Å². The van der Waals surface area contributed by atoms with Crippen LogP contribution in [0.3, 0.4) is 0 Å². The van der Waals surface area contributed by atoms with Gasteiger partial charge in [0.2, 0.25) is 0 Å². The van der Waals surface area contributed by atoms with Gasteiger partial charge < -0.3 is 5.32 Å². The number of halogens is 1. The molecular weight excluding hydrogens is 242 g/mol. The lowest BCUT2D eigenvalue weighted by Crippen LogP contribution is -2.14. The van der Waals surface area contributed by atoms with Crippen molar-refractivity contribution < 1.29 is 0 Å². The molecule has 0 bridgehead atoms. The normalized spacial score (nSPS) is 10.5. The molecule has 0 saturated carbocycles. The Morgan fingerprint density at radius 1 is 0.833 bits per heavy atom. The summed E-state index contributed by atoms with van der Waals surface area (Å²) in [6, 6.07) is 19.1. The van der Waals surface area contributed by atoms with E-state index < -0.39 is 0 Å². The van der Waals surface area contributed by atoms with Crippen LogP contribution in [-0.4, -0.2) is 12.4 Å². The summed E-state index contributed by atoms with van der Waals surface area (Å²) in [5.74, 6) is 0.722. The van der Waals surface area contributed by atoms with E-state index in [-0.39, 0.29) is 0 Å². The van der Waals surface area contributed by atoms with Gasteiger partial charge in [0.15, 0.2) is 0 Å². The lowest BCUT2D eigenvalue weighted by Gasteiger charge is -2.06. The second-order valence-corrected chi connectivity index (χ2v) is 4.66. The molecule has 0 unspecified atom stereocenters. The fourth-order valence-electron chi connectivity index (χ4n) is 1.87. The fourth-order valence-corrected chi connectivity index (χ4v) is 2.00. The van der Waals surface area contributed by atoms with E-state index in [2.05, 4.69) is 53.8 Å². The molecule has 2 aromatic rings. The Balaban J connectivity index is 1.94.